The van der Waals surface area contributed by atoms with E-state index in [0.29, 0.717) is 17.6 Å². The number of phosphoric ester groups is 1. The van der Waals surface area contributed by atoms with Crippen molar-refractivity contribution in [1.82, 2.24) is 19.5 Å². The Morgan fingerprint density at radius 3 is 2.21 bits per heavy atom. The molecule has 15 nitrogen and oxygen atoms in total. The van der Waals surface area contributed by atoms with Gasteiger partial charge in [0.25, 0.3) is 0 Å². The Hall–Kier alpha value is -1.24. The molecule has 0 aliphatic heterocycles. The smallest absolute Gasteiger partial charge is 0.382 e. The van der Waals surface area contributed by atoms with E-state index in [0.717, 1.165) is 25.7 Å². The van der Waals surface area contributed by atoms with E-state index in [2.05, 4.69) is 35.0 Å². The summed E-state index contributed by atoms with van der Waals surface area (Å²) < 4.78 is 56.2. The fourth-order valence-corrected chi connectivity index (χ4v) is 7.43. The topological polar surface area (TPSA) is 218 Å². The largest absolute Gasteiger partial charge is 0.488 e. The van der Waals surface area contributed by atoms with Gasteiger partial charge in [0.2, 0.25) is 0 Å². The minimum atomic E-state index is -5.45. The van der Waals surface area contributed by atoms with Gasteiger partial charge in [0.1, 0.15) is 18.2 Å². The number of nitrogen functional groups attached to an aromatic ring is 1. The SMILES string of the molecule is CCCCCCCCCCCOP(=O)(O)OP(=O)(O)OP(=O)(O)CO[C@H](C)Cn1cnc2c(N)ncnc21. The molecule has 0 spiro atoms. The molecule has 2 heterocycles. The average Bonchev–Trinajstić information content (AvgIpc) is 3.21. The molecule has 18 heteroatoms. The van der Waals surface area contributed by atoms with E-state index in [-0.39, 0.29) is 19.0 Å². The molecule has 0 radical (unpaired) electrons. The third-order valence-corrected chi connectivity index (χ3v) is 9.83. The molecule has 4 atom stereocenters. The molecule has 2 aromatic rings. The lowest BCUT2D eigenvalue weighted by Gasteiger charge is -2.20. The van der Waals surface area contributed by atoms with E-state index in [1.807, 2.05) is 0 Å². The Morgan fingerprint density at radius 2 is 1.55 bits per heavy atom. The Bertz CT molecular complexity index is 1150. The molecule has 0 saturated carbocycles. The minimum absolute atomic E-state index is 0.138. The normalized spacial score (nSPS) is 17.6. The van der Waals surface area contributed by atoms with Gasteiger partial charge in [-0.15, -0.1) is 0 Å². The van der Waals surface area contributed by atoms with Crippen molar-refractivity contribution in [3.05, 3.63) is 12.7 Å². The zero-order valence-electron chi connectivity index (χ0n) is 21.6. The molecular weight excluding hydrogens is 563 g/mol. The van der Waals surface area contributed by atoms with Crippen molar-refractivity contribution in [3.63, 3.8) is 0 Å². The predicted molar refractivity (Wildman–Crippen MR) is 140 cm³/mol. The lowest BCUT2D eigenvalue weighted by atomic mass is 10.1. The molecule has 0 aliphatic carbocycles. The molecule has 0 amide bonds. The van der Waals surface area contributed by atoms with Gasteiger partial charge in [0.05, 0.1) is 25.6 Å². The molecular formula is C20H38N5O10P3. The van der Waals surface area contributed by atoms with Crippen molar-refractivity contribution < 1.29 is 46.3 Å². The number of fused-ring (bicyclic) bond motifs is 1. The number of nitrogens with two attached hydrogens (primary N) is 1. The second-order valence-corrected chi connectivity index (χ2v) is 13.8. The van der Waals surface area contributed by atoms with Crippen LogP contribution < -0.4 is 5.73 Å². The van der Waals surface area contributed by atoms with Crippen LogP contribution in [0.4, 0.5) is 5.82 Å². The van der Waals surface area contributed by atoms with Gasteiger partial charge in [-0.05, 0) is 13.3 Å². The summed E-state index contributed by atoms with van der Waals surface area (Å²) in [7, 11) is -15.3. The Morgan fingerprint density at radius 1 is 0.921 bits per heavy atom. The van der Waals surface area contributed by atoms with Crippen LogP contribution in [0.2, 0.25) is 0 Å². The lowest BCUT2D eigenvalue weighted by molar-refractivity contribution is 0.0755. The van der Waals surface area contributed by atoms with Gasteiger partial charge >= 0.3 is 23.2 Å². The zero-order chi connectivity index (χ0) is 28.2. The van der Waals surface area contributed by atoms with Gasteiger partial charge < -0.3 is 29.7 Å². The highest BCUT2D eigenvalue weighted by molar-refractivity contribution is 7.68. The first-order valence-electron chi connectivity index (χ1n) is 12.4. The minimum Gasteiger partial charge on any atom is -0.382 e. The lowest BCUT2D eigenvalue weighted by Crippen LogP contribution is -2.17. The van der Waals surface area contributed by atoms with E-state index < -0.39 is 35.7 Å². The van der Waals surface area contributed by atoms with Crippen molar-refractivity contribution in [2.45, 2.75) is 84.3 Å². The van der Waals surface area contributed by atoms with Crippen LogP contribution in [0.3, 0.4) is 0 Å². The van der Waals surface area contributed by atoms with Crippen molar-refractivity contribution >= 4 is 40.2 Å². The number of phosphoric acid groups is 2. The van der Waals surface area contributed by atoms with Gasteiger partial charge in [-0.3, -0.25) is 9.09 Å². The Kier molecular flexibility index (Phi) is 13.5. The molecule has 0 aliphatic rings. The molecule has 5 N–H and O–H groups in total. The average molecular weight is 601 g/mol. The van der Waals surface area contributed by atoms with Crippen LogP contribution in [0.15, 0.2) is 12.7 Å². The monoisotopic (exact) mass is 601 g/mol. The van der Waals surface area contributed by atoms with Gasteiger partial charge in [0.15, 0.2) is 11.5 Å². The number of unbranched alkanes of at least 4 members (excludes halogenated alkanes) is 8. The molecule has 218 valence electrons. The van der Waals surface area contributed by atoms with Crippen LogP contribution in [0, 0.1) is 0 Å². The molecule has 0 fully saturated rings. The highest BCUT2D eigenvalue weighted by Gasteiger charge is 2.41. The van der Waals surface area contributed by atoms with Crippen LogP contribution in [-0.4, -0.2) is 53.3 Å². The van der Waals surface area contributed by atoms with Crippen LogP contribution in [0.1, 0.15) is 71.6 Å². The predicted octanol–water partition coefficient (Wildman–Crippen LogP) is 4.74. The summed E-state index contributed by atoms with van der Waals surface area (Å²) in [6, 6.07) is 0. The molecule has 38 heavy (non-hydrogen) atoms. The number of ether oxygens (including phenoxy) is 1. The summed E-state index contributed by atoms with van der Waals surface area (Å²) in [6.07, 6.45) is 10.1. The maximum atomic E-state index is 12.3. The van der Waals surface area contributed by atoms with Crippen molar-refractivity contribution in [3.8, 4) is 0 Å². The summed E-state index contributed by atoms with van der Waals surface area (Å²) >= 11 is 0. The number of aromatic nitrogens is 4. The zero-order valence-corrected chi connectivity index (χ0v) is 24.3. The van der Waals surface area contributed by atoms with Gasteiger partial charge in [0, 0.05) is 0 Å². The van der Waals surface area contributed by atoms with E-state index in [4.69, 9.17) is 10.5 Å². The number of hydrogen-bond donors (Lipinski definition) is 4. The summed E-state index contributed by atoms with van der Waals surface area (Å²) in [4.78, 5) is 41.4. The Balaban J connectivity index is 1.71. The number of nitrogens with zero attached hydrogens (tertiary/aromatic N) is 4. The van der Waals surface area contributed by atoms with Gasteiger partial charge in [-0.2, -0.15) is 4.31 Å². The molecule has 2 rings (SSSR count). The standard InChI is InChI=1S/C20H38N5O10P3/c1-3-4-5-6-7-8-9-10-11-12-33-37(28,29)35-38(30,31)34-36(26,27)16-32-17(2)13-25-15-24-18-19(21)22-14-23-20(18)25/h14-15,17H,3-13,16H2,1-2H3,(H,26,27)(H,28,29)(H,30,31)(H2,21,22,23)/t17-/m1/s1. The third kappa shape index (κ3) is 12.3. The maximum absolute atomic E-state index is 12.3. The first-order chi connectivity index (χ1) is 17.8. The van der Waals surface area contributed by atoms with Crippen LogP contribution in [0.5, 0.6) is 0 Å². The number of imidazole rings is 1. The number of hydrogen-bond acceptors (Lipinski definition) is 11. The summed E-state index contributed by atoms with van der Waals surface area (Å²) in [6.45, 7) is 3.66. The van der Waals surface area contributed by atoms with E-state index in [1.165, 1.54) is 38.3 Å². The first-order valence-corrected chi connectivity index (χ1v) is 17.2. The summed E-state index contributed by atoms with van der Waals surface area (Å²) in [5.41, 5.74) is 6.53. The van der Waals surface area contributed by atoms with E-state index in [1.54, 1.807) is 11.5 Å². The van der Waals surface area contributed by atoms with Crippen molar-refractivity contribution in [1.29, 1.82) is 0 Å². The summed E-state index contributed by atoms with van der Waals surface area (Å²) in [5, 5.41) is 0. The summed E-state index contributed by atoms with van der Waals surface area (Å²) in [5.74, 6) is 0.188. The van der Waals surface area contributed by atoms with E-state index >= 15 is 0 Å². The second kappa shape index (κ2) is 15.5. The molecule has 2 aromatic heterocycles. The van der Waals surface area contributed by atoms with Crippen LogP contribution in [-0.2, 0) is 38.1 Å². The fourth-order valence-electron chi connectivity index (χ4n) is 3.53. The number of rotatable bonds is 20. The molecule has 0 saturated heterocycles. The van der Waals surface area contributed by atoms with Gasteiger partial charge in [-0.25, -0.2) is 28.4 Å². The second-order valence-electron chi connectivity index (χ2n) is 8.83. The molecule has 0 aromatic carbocycles. The van der Waals surface area contributed by atoms with Crippen LogP contribution in [0.25, 0.3) is 11.2 Å². The first kappa shape index (κ1) is 33.0. The molecule has 0 bridgehead atoms. The molecule has 3 unspecified atom stereocenters. The highest BCUT2D eigenvalue weighted by Crippen LogP contribution is 2.67. The van der Waals surface area contributed by atoms with E-state index in [9.17, 15) is 28.4 Å². The maximum Gasteiger partial charge on any atom is 0.488 e. The third-order valence-electron chi connectivity index (χ3n) is 5.34. The Labute approximate surface area is 221 Å². The number of anilines is 1. The quantitative estimate of drug-likeness (QED) is 0.119. The van der Waals surface area contributed by atoms with Crippen LogP contribution >= 0.6 is 23.2 Å². The van der Waals surface area contributed by atoms with Crippen molar-refractivity contribution in [2.24, 2.45) is 0 Å². The highest BCUT2D eigenvalue weighted by atomic mass is 31.3. The van der Waals surface area contributed by atoms with Crippen molar-refractivity contribution in [2.75, 3.05) is 18.7 Å². The van der Waals surface area contributed by atoms with Gasteiger partial charge in [-0.1, -0.05) is 58.3 Å². The fraction of sp³-hybridized carbons (Fsp3) is 0.750.